The van der Waals surface area contributed by atoms with Crippen molar-refractivity contribution in [2.45, 2.75) is 50.5 Å². The van der Waals surface area contributed by atoms with Crippen LogP contribution in [0.1, 0.15) is 60.4 Å². The normalized spacial score (nSPS) is 16.9. The molecule has 14 heteroatoms. The van der Waals surface area contributed by atoms with Gasteiger partial charge in [0.1, 0.15) is 0 Å². The van der Waals surface area contributed by atoms with Crippen LogP contribution >= 0.6 is 46.4 Å². The molecule has 48 heavy (non-hydrogen) atoms. The average Bonchev–Trinajstić information content (AvgIpc) is 3.06. The molecular formula is C34H43Cl4N5O5. The summed E-state index contributed by atoms with van der Waals surface area (Å²) in [6, 6.07) is 10.4. The molecule has 1 atom stereocenters. The maximum Gasteiger partial charge on any atom is 0.260 e. The Morgan fingerprint density at radius 2 is 1.75 bits per heavy atom. The Bertz CT molecular complexity index is 1430. The van der Waals surface area contributed by atoms with Crippen LogP contribution < -0.4 is 5.32 Å². The smallest absolute Gasteiger partial charge is 0.260 e. The van der Waals surface area contributed by atoms with Gasteiger partial charge in [0.2, 0.25) is 5.91 Å². The van der Waals surface area contributed by atoms with Gasteiger partial charge in [0.25, 0.3) is 11.8 Å². The van der Waals surface area contributed by atoms with Crippen LogP contribution in [0.2, 0.25) is 20.1 Å². The maximum absolute atomic E-state index is 13.5. The lowest BCUT2D eigenvalue weighted by Gasteiger charge is -2.40. The van der Waals surface area contributed by atoms with Crippen molar-refractivity contribution < 1.29 is 24.0 Å². The van der Waals surface area contributed by atoms with E-state index in [9.17, 15) is 14.4 Å². The van der Waals surface area contributed by atoms with Gasteiger partial charge >= 0.3 is 0 Å². The fourth-order valence-corrected chi connectivity index (χ4v) is 7.00. The van der Waals surface area contributed by atoms with Crippen molar-refractivity contribution in [3.8, 4) is 0 Å². The molecule has 2 aromatic rings. The molecular weight excluding hydrogens is 700 g/mol. The van der Waals surface area contributed by atoms with Crippen molar-refractivity contribution in [2.75, 3.05) is 66.6 Å². The highest BCUT2D eigenvalue weighted by Crippen LogP contribution is 2.31. The highest BCUT2D eigenvalue weighted by molar-refractivity contribution is 6.42. The van der Waals surface area contributed by atoms with Gasteiger partial charge in [-0.05, 0) is 74.5 Å². The molecule has 10 nitrogen and oxygen atoms in total. The third-order valence-corrected chi connectivity index (χ3v) is 9.88. The largest absolute Gasteiger partial charge is 0.386 e. The number of piperidine rings is 2. The summed E-state index contributed by atoms with van der Waals surface area (Å²) in [6.45, 7) is 3.77. The van der Waals surface area contributed by atoms with Crippen molar-refractivity contribution in [1.29, 1.82) is 0 Å². The Kier molecular flexibility index (Phi) is 15.1. The zero-order valence-corrected chi connectivity index (χ0v) is 30.4. The number of halogens is 4. The second-order valence-electron chi connectivity index (χ2n) is 12.2. The molecule has 0 saturated carbocycles. The first-order chi connectivity index (χ1) is 23.0. The summed E-state index contributed by atoms with van der Waals surface area (Å²) in [5.41, 5.74) is 1.70. The van der Waals surface area contributed by atoms with Crippen LogP contribution in [0.4, 0.5) is 0 Å². The van der Waals surface area contributed by atoms with Gasteiger partial charge in [-0.2, -0.15) is 0 Å². The molecule has 0 aliphatic carbocycles. The molecule has 0 aromatic heterocycles. The summed E-state index contributed by atoms with van der Waals surface area (Å²) in [7, 11) is 3.21. The van der Waals surface area contributed by atoms with Gasteiger partial charge in [0, 0.05) is 74.3 Å². The van der Waals surface area contributed by atoms with E-state index in [1.807, 2.05) is 6.07 Å². The predicted molar refractivity (Wildman–Crippen MR) is 191 cm³/mol. The molecule has 2 aliphatic rings. The van der Waals surface area contributed by atoms with Crippen molar-refractivity contribution >= 4 is 69.8 Å². The van der Waals surface area contributed by atoms with Gasteiger partial charge < -0.3 is 29.6 Å². The lowest BCUT2D eigenvalue weighted by molar-refractivity contribution is -0.136. The lowest BCUT2D eigenvalue weighted by atomic mass is 9.89. The Morgan fingerprint density at radius 1 is 1.02 bits per heavy atom. The van der Waals surface area contributed by atoms with Crippen LogP contribution in [0.5, 0.6) is 0 Å². The third kappa shape index (κ3) is 11.2. The number of carbonyl (C=O) groups excluding carboxylic acids is 3. The number of carbonyl (C=O) groups is 3. The second kappa shape index (κ2) is 19.0. The molecule has 2 aliphatic heterocycles. The Balaban J connectivity index is 1.55. The van der Waals surface area contributed by atoms with Crippen molar-refractivity contribution in [3.05, 3.63) is 67.6 Å². The number of ether oxygens (including phenoxy) is 1. The van der Waals surface area contributed by atoms with Gasteiger partial charge in [-0.25, -0.2) is 0 Å². The molecule has 4 rings (SSSR count). The van der Waals surface area contributed by atoms with Gasteiger partial charge in [-0.15, -0.1) is 0 Å². The molecule has 1 unspecified atom stereocenters. The number of nitrogens with one attached hydrogen (secondary N) is 1. The van der Waals surface area contributed by atoms with E-state index in [1.54, 1.807) is 44.5 Å². The molecule has 2 aromatic carbocycles. The summed E-state index contributed by atoms with van der Waals surface area (Å²) >= 11 is 25.2. The van der Waals surface area contributed by atoms with Crippen LogP contribution in [0, 0.1) is 0 Å². The number of hydrogen-bond donors (Lipinski definition) is 1. The molecule has 2 fully saturated rings. The fourth-order valence-electron chi connectivity index (χ4n) is 6.17. The molecule has 1 N–H and O–H groups in total. The number of amides is 3. The number of hydrogen-bond acceptors (Lipinski definition) is 7. The van der Waals surface area contributed by atoms with Crippen LogP contribution in [-0.2, 0) is 19.2 Å². The second-order valence-corrected chi connectivity index (χ2v) is 13.8. The molecule has 2 saturated heterocycles. The minimum absolute atomic E-state index is 0.0817. The van der Waals surface area contributed by atoms with Crippen LogP contribution in [0.25, 0.3) is 0 Å². The Labute approximate surface area is 302 Å². The topological polar surface area (TPSA) is 104 Å². The van der Waals surface area contributed by atoms with Crippen molar-refractivity contribution in [1.82, 2.24) is 20.0 Å². The summed E-state index contributed by atoms with van der Waals surface area (Å²) in [5.74, 6) is -0.733. The van der Waals surface area contributed by atoms with E-state index in [-0.39, 0.29) is 42.8 Å². The minimum atomic E-state index is -0.353. The molecule has 2 heterocycles. The van der Waals surface area contributed by atoms with Crippen molar-refractivity contribution in [2.24, 2.45) is 5.16 Å². The van der Waals surface area contributed by atoms with Gasteiger partial charge in [-0.3, -0.25) is 14.4 Å². The summed E-state index contributed by atoms with van der Waals surface area (Å²) in [6.07, 6.45) is 5.15. The SMILES string of the molecule is COCCNC(=O)CO/N=C(\CN(C)C(=O)c1cc(Cl)cc(Cl)c1)C(CCN1CCC(N2CCCCC2=O)CC1)c1ccc(Cl)c(Cl)c1. The molecule has 0 bridgehead atoms. The monoisotopic (exact) mass is 741 g/mol. The van der Waals surface area contributed by atoms with Gasteiger partial charge in [0.15, 0.2) is 6.61 Å². The summed E-state index contributed by atoms with van der Waals surface area (Å²) in [4.78, 5) is 50.0. The first-order valence-corrected chi connectivity index (χ1v) is 17.7. The maximum atomic E-state index is 13.5. The fraction of sp³-hybridized carbons (Fsp3) is 0.529. The first kappa shape index (κ1) is 38.2. The van der Waals surface area contributed by atoms with Gasteiger partial charge in [0.05, 0.1) is 28.9 Å². The minimum Gasteiger partial charge on any atom is -0.386 e. The van der Waals surface area contributed by atoms with E-state index in [0.717, 1.165) is 57.4 Å². The molecule has 0 spiro atoms. The van der Waals surface area contributed by atoms with E-state index >= 15 is 0 Å². The van der Waals surface area contributed by atoms with Crippen LogP contribution in [0.15, 0.2) is 41.6 Å². The zero-order chi connectivity index (χ0) is 34.6. The van der Waals surface area contributed by atoms with Crippen LogP contribution in [0.3, 0.4) is 0 Å². The van der Waals surface area contributed by atoms with E-state index in [0.29, 0.717) is 57.4 Å². The number of likely N-dealkylation sites (tertiary alicyclic amines) is 2. The summed E-state index contributed by atoms with van der Waals surface area (Å²) < 4.78 is 4.99. The van der Waals surface area contributed by atoms with E-state index in [1.165, 1.54) is 4.90 Å². The van der Waals surface area contributed by atoms with E-state index < -0.39 is 0 Å². The number of methoxy groups -OCH3 is 1. The van der Waals surface area contributed by atoms with E-state index in [2.05, 4.69) is 20.3 Å². The molecule has 262 valence electrons. The first-order valence-electron chi connectivity index (χ1n) is 16.2. The van der Waals surface area contributed by atoms with E-state index in [4.69, 9.17) is 56.0 Å². The highest BCUT2D eigenvalue weighted by atomic mass is 35.5. The lowest BCUT2D eigenvalue weighted by Crippen LogP contribution is -2.49. The van der Waals surface area contributed by atoms with Gasteiger partial charge in [-0.1, -0.05) is 57.6 Å². The molecule has 3 amide bonds. The Hall–Kier alpha value is -2.60. The number of nitrogens with zero attached hydrogens (tertiary/aromatic N) is 4. The van der Waals surface area contributed by atoms with Crippen LogP contribution in [-0.4, -0.2) is 111 Å². The predicted octanol–water partition coefficient (Wildman–Crippen LogP) is 6.16. The number of benzene rings is 2. The van der Waals surface area contributed by atoms with Crippen molar-refractivity contribution in [3.63, 3.8) is 0 Å². The quantitative estimate of drug-likeness (QED) is 0.133. The average molecular weight is 744 g/mol. The Morgan fingerprint density at radius 3 is 2.42 bits per heavy atom. The summed E-state index contributed by atoms with van der Waals surface area (Å²) in [5, 5.41) is 8.67. The zero-order valence-electron chi connectivity index (χ0n) is 27.4. The number of rotatable bonds is 15. The third-order valence-electron chi connectivity index (χ3n) is 8.70. The number of oxime groups is 1. The standard InChI is InChI=1S/C34H43Cl4N5O5/c1-41(34(46)24-17-25(35)20-26(36)18-24)21-31(40-48-22-32(44)39-11-16-47-2)28(23-6-7-29(37)30(38)19-23)10-15-42-13-8-27(9-14-42)43-12-4-3-5-33(43)45/h6-7,17-20,27-28H,3-5,8-16,21-22H2,1-2H3,(H,39,44)/b40-31+. The highest BCUT2D eigenvalue weighted by Gasteiger charge is 2.30. The molecule has 0 radical (unpaired) electrons.